The molecule has 1 rings (SSSR count). The minimum absolute atomic E-state index is 0.141. The van der Waals surface area contributed by atoms with Crippen LogP contribution >= 0.6 is 15.9 Å². The largest absolute Gasteiger partial charge is 0.356 e. The first-order valence-corrected chi connectivity index (χ1v) is 5.87. The molecule has 0 aromatic carbocycles. The summed E-state index contributed by atoms with van der Waals surface area (Å²) in [4.78, 5) is 20.1. The molecule has 1 N–H and O–H groups in total. The van der Waals surface area contributed by atoms with Gasteiger partial charge in [0.1, 0.15) is 10.3 Å². The van der Waals surface area contributed by atoms with Crippen molar-refractivity contribution < 1.29 is 0 Å². The number of hydrogen-bond donors (Lipinski definition) is 1. The standard InChI is InChI=1S/C10H16BrN3O/c1-4-7(5-2)14(3)9-8(11)10(15)13-6-12-9/h6-7H,4-5H2,1-3H3,(H,12,13,15). The molecule has 0 aliphatic carbocycles. The molecule has 0 saturated carbocycles. The maximum absolute atomic E-state index is 11.4. The van der Waals surface area contributed by atoms with E-state index >= 15 is 0 Å². The average molecular weight is 274 g/mol. The lowest BCUT2D eigenvalue weighted by Gasteiger charge is -2.27. The summed E-state index contributed by atoms with van der Waals surface area (Å²) in [5.41, 5.74) is -0.141. The van der Waals surface area contributed by atoms with E-state index in [1.807, 2.05) is 11.9 Å². The van der Waals surface area contributed by atoms with Crippen molar-refractivity contribution in [3.05, 3.63) is 21.2 Å². The molecule has 0 saturated heterocycles. The molecule has 0 amide bonds. The van der Waals surface area contributed by atoms with Gasteiger partial charge in [0.25, 0.3) is 5.56 Å². The number of halogens is 1. The van der Waals surface area contributed by atoms with E-state index in [1.54, 1.807) is 0 Å². The Hall–Kier alpha value is -0.840. The Labute approximate surface area is 97.8 Å². The smallest absolute Gasteiger partial charge is 0.267 e. The summed E-state index contributed by atoms with van der Waals surface area (Å²) < 4.78 is 0.499. The fourth-order valence-corrected chi connectivity index (χ4v) is 2.13. The van der Waals surface area contributed by atoms with Gasteiger partial charge < -0.3 is 9.88 Å². The molecule has 0 spiro atoms. The Morgan fingerprint density at radius 3 is 2.67 bits per heavy atom. The van der Waals surface area contributed by atoms with Gasteiger partial charge in [0.2, 0.25) is 0 Å². The van der Waals surface area contributed by atoms with Crippen LogP contribution < -0.4 is 10.5 Å². The minimum atomic E-state index is -0.141. The van der Waals surface area contributed by atoms with Gasteiger partial charge >= 0.3 is 0 Å². The predicted molar refractivity (Wildman–Crippen MR) is 65.3 cm³/mol. The monoisotopic (exact) mass is 273 g/mol. The predicted octanol–water partition coefficient (Wildman–Crippen LogP) is 2.16. The Kier molecular flexibility index (Phi) is 4.32. The molecule has 0 aliphatic rings. The van der Waals surface area contributed by atoms with Crippen molar-refractivity contribution >= 4 is 21.7 Å². The highest BCUT2D eigenvalue weighted by atomic mass is 79.9. The summed E-state index contributed by atoms with van der Waals surface area (Å²) in [5, 5.41) is 0. The summed E-state index contributed by atoms with van der Waals surface area (Å²) in [6.07, 6.45) is 3.50. The zero-order chi connectivity index (χ0) is 11.4. The molecule has 0 atom stereocenters. The lowest BCUT2D eigenvalue weighted by atomic mass is 10.1. The molecule has 0 aliphatic heterocycles. The molecule has 1 aromatic rings. The van der Waals surface area contributed by atoms with Crippen LogP contribution in [0.1, 0.15) is 26.7 Å². The maximum Gasteiger partial charge on any atom is 0.267 e. The highest BCUT2D eigenvalue weighted by Crippen LogP contribution is 2.21. The van der Waals surface area contributed by atoms with E-state index in [0.29, 0.717) is 16.3 Å². The second-order valence-electron chi connectivity index (χ2n) is 3.45. The van der Waals surface area contributed by atoms with E-state index in [-0.39, 0.29) is 5.56 Å². The van der Waals surface area contributed by atoms with Gasteiger partial charge in [-0.15, -0.1) is 0 Å². The first kappa shape index (κ1) is 12.2. The molecule has 5 heteroatoms. The Morgan fingerprint density at radius 2 is 2.13 bits per heavy atom. The summed E-state index contributed by atoms with van der Waals surface area (Å²) >= 11 is 3.26. The fraction of sp³-hybridized carbons (Fsp3) is 0.600. The van der Waals surface area contributed by atoms with E-state index in [1.165, 1.54) is 6.33 Å². The summed E-state index contributed by atoms with van der Waals surface area (Å²) in [5.74, 6) is 0.701. The van der Waals surface area contributed by atoms with Crippen molar-refractivity contribution in [3.63, 3.8) is 0 Å². The van der Waals surface area contributed by atoms with Gasteiger partial charge in [0, 0.05) is 13.1 Å². The van der Waals surface area contributed by atoms with E-state index in [2.05, 4.69) is 39.7 Å². The van der Waals surface area contributed by atoms with Crippen molar-refractivity contribution in [1.29, 1.82) is 0 Å². The molecule has 0 radical (unpaired) electrons. The molecular weight excluding hydrogens is 258 g/mol. The molecule has 4 nitrogen and oxygen atoms in total. The van der Waals surface area contributed by atoms with E-state index in [0.717, 1.165) is 12.8 Å². The summed E-state index contributed by atoms with van der Waals surface area (Å²) in [6, 6.07) is 0.413. The van der Waals surface area contributed by atoms with Crippen LogP contribution in [-0.2, 0) is 0 Å². The number of rotatable bonds is 4. The van der Waals surface area contributed by atoms with Crippen molar-refractivity contribution in [2.45, 2.75) is 32.7 Å². The number of H-pyrrole nitrogens is 1. The van der Waals surface area contributed by atoms with Gasteiger partial charge in [-0.05, 0) is 28.8 Å². The average Bonchev–Trinajstić information content (AvgIpc) is 2.23. The molecule has 1 aromatic heterocycles. The first-order chi connectivity index (χ1) is 7.11. The summed E-state index contributed by atoms with van der Waals surface area (Å²) in [6.45, 7) is 4.26. The first-order valence-electron chi connectivity index (χ1n) is 5.07. The fourth-order valence-electron chi connectivity index (χ4n) is 1.63. The normalized spacial score (nSPS) is 10.7. The molecule has 1 heterocycles. The van der Waals surface area contributed by atoms with Gasteiger partial charge in [-0.1, -0.05) is 13.8 Å². The molecule has 84 valence electrons. The number of anilines is 1. The quantitative estimate of drug-likeness (QED) is 0.915. The lowest BCUT2D eigenvalue weighted by Crippen LogP contribution is -2.32. The van der Waals surface area contributed by atoms with Crippen molar-refractivity contribution in [2.24, 2.45) is 0 Å². The van der Waals surface area contributed by atoms with Gasteiger partial charge in [-0.3, -0.25) is 4.79 Å². The number of aromatic nitrogens is 2. The Bertz CT molecular complexity index is 373. The van der Waals surface area contributed by atoms with E-state index in [9.17, 15) is 4.79 Å². The van der Waals surface area contributed by atoms with Crippen LogP contribution in [-0.4, -0.2) is 23.1 Å². The molecular formula is C10H16BrN3O. The lowest BCUT2D eigenvalue weighted by molar-refractivity contribution is 0.585. The third-order valence-corrected chi connectivity index (χ3v) is 3.32. The van der Waals surface area contributed by atoms with Crippen LogP contribution in [0.5, 0.6) is 0 Å². The van der Waals surface area contributed by atoms with Crippen molar-refractivity contribution in [3.8, 4) is 0 Å². The Morgan fingerprint density at radius 1 is 1.53 bits per heavy atom. The molecule has 0 fully saturated rings. The minimum Gasteiger partial charge on any atom is -0.356 e. The summed E-state index contributed by atoms with van der Waals surface area (Å²) in [7, 11) is 1.96. The van der Waals surface area contributed by atoms with Crippen LogP contribution in [0.25, 0.3) is 0 Å². The van der Waals surface area contributed by atoms with Gasteiger partial charge in [-0.2, -0.15) is 0 Å². The van der Waals surface area contributed by atoms with Crippen LogP contribution in [0, 0.1) is 0 Å². The van der Waals surface area contributed by atoms with Gasteiger partial charge in [0.15, 0.2) is 0 Å². The van der Waals surface area contributed by atoms with Crippen LogP contribution in [0.15, 0.2) is 15.6 Å². The third-order valence-electron chi connectivity index (χ3n) is 2.60. The molecule has 0 bridgehead atoms. The number of nitrogens with one attached hydrogen (secondary N) is 1. The second kappa shape index (κ2) is 5.30. The Balaban J connectivity index is 3.05. The maximum atomic E-state index is 11.4. The van der Waals surface area contributed by atoms with Crippen LogP contribution in [0.3, 0.4) is 0 Å². The zero-order valence-corrected chi connectivity index (χ0v) is 10.8. The molecule has 0 unspecified atom stereocenters. The second-order valence-corrected chi connectivity index (χ2v) is 4.24. The van der Waals surface area contributed by atoms with Crippen LogP contribution in [0.4, 0.5) is 5.82 Å². The number of nitrogens with zero attached hydrogens (tertiary/aromatic N) is 2. The van der Waals surface area contributed by atoms with E-state index < -0.39 is 0 Å². The van der Waals surface area contributed by atoms with Gasteiger partial charge in [-0.25, -0.2) is 4.98 Å². The van der Waals surface area contributed by atoms with Crippen LogP contribution in [0.2, 0.25) is 0 Å². The SMILES string of the molecule is CCC(CC)N(C)c1nc[nH]c(=O)c1Br. The van der Waals surface area contributed by atoms with E-state index in [4.69, 9.17) is 0 Å². The highest BCUT2D eigenvalue weighted by Gasteiger charge is 2.16. The third kappa shape index (κ3) is 2.59. The number of aromatic amines is 1. The zero-order valence-electron chi connectivity index (χ0n) is 9.25. The highest BCUT2D eigenvalue weighted by molar-refractivity contribution is 9.10. The molecule has 15 heavy (non-hydrogen) atoms. The van der Waals surface area contributed by atoms with Gasteiger partial charge in [0.05, 0.1) is 6.33 Å². The van der Waals surface area contributed by atoms with Crippen molar-refractivity contribution in [1.82, 2.24) is 9.97 Å². The topological polar surface area (TPSA) is 49.0 Å². The van der Waals surface area contributed by atoms with Crippen molar-refractivity contribution in [2.75, 3.05) is 11.9 Å². The number of hydrogen-bond acceptors (Lipinski definition) is 3.